The highest BCUT2D eigenvalue weighted by atomic mass is 35.5. The highest BCUT2D eigenvalue weighted by Crippen LogP contribution is 2.26. The Morgan fingerprint density at radius 1 is 1.13 bits per heavy atom. The van der Waals surface area contributed by atoms with Crippen LogP contribution in [0.4, 0.5) is 10.1 Å². The van der Waals surface area contributed by atoms with Crippen LogP contribution in [0.25, 0.3) is 0 Å². The molecule has 0 unspecified atom stereocenters. The summed E-state index contributed by atoms with van der Waals surface area (Å²) >= 11 is 5.93. The lowest BCUT2D eigenvalue weighted by atomic mass is 10.2. The van der Waals surface area contributed by atoms with E-state index in [4.69, 9.17) is 16.3 Å². The summed E-state index contributed by atoms with van der Waals surface area (Å²) in [6.45, 7) is -1.26. The SMILES string of the molecule is CN(C)S(=O)(=O)c1cc(NC(=O)COC(=O)CNC(=O)c2ccccc2F)ccc1Cl. The van der Waals surface area contributed by atoms with Crippen LogP contribution < -0.4 is 10.6 Å². The Hall–Kier alpha value is -3.02. The maximum Gasteiger partial charge on any atom is 0.325 e. The van der Waals surface area contributed by atoms with Crippen molar-refractivity contribution in [1.82, 2.24) is 9.62 Å². The first kappa shape index (κ1) is 24.3. The summed E-state index contributed by atoms with van der Waals surface area (Å²) in [5.41, 5.74) is -0.113. The van der Waals surface area contributed by atoms with Crippen LogP contribution in [0, 0.1) is 5.82 Å². The van der Waals surface area contributed by atoms with Crippen LogP contribution in [-0.4, -0.2) is 57.8 Å². The van der Waals surface area contributed by atoms with Crippen LogP contribution in [0.5, 0.6) is 0 Å². The van der Waals surface area contributed by atoms with Crippen molar-refractivity contribution in [3.8, 4) is 0 Å². The number of hydrogen-bond donors (Lipinski definition) is 2. The molecule has 9 nitrogen and oxygen atoms in total. The van der Waals surface area contributed by atoms with Crippen molar-refractivity contribution in [2.75, 3.05) is 32.6 Å². The van der Waals surface area contributed by atoms with E-state index in [1.165, 1.54) is 50.5 Å². The number of hydrogen-bond acceptors (Lipinski definition) is 6. The normalized spacial score (nSPS) is 11.1. The van der Waals surface area contributed by atoms with Crippen LogP contribution in [0.2, 0.25) is 5.02 Å². The topological polar surface area (TPSA) is 122 Å². The van der Waals surface area contributed by atoms with E-state index < -0.39 is 46.8 Å². The minimum absolute atomic E-state index is 0.0243. The Bertz CT molecular complexity index is 1110. The number of carbonyl (C=O) groups excluding carboxylic acids is 3. The number of sulfonamides is 1. The lowest BCUT2D eigenvalue weighted by molar-refractivity contribution is -0.146. The summed E-state index contributed by atoms with van der Waals surface area (Å²) in [7, 11) is -1.17. The maximum absolute atomic E-state index is 13.5. The zero-order chi connectivity index (χ0) is 23.2. The van der Waals surface area contributed by atoms with Gasteiger partial charge in [0.05, 0.1) is 10.6 Å². The number of carbonyl (C=O) groups is 3. The number of benzene rings is 2. The van der Waals surface area contributed by atoms with E-state index in [2.05, 4.69) is 10.6 Å². The van der Waals surface area contributed by atoms with Gasteiger partial charge in [-0.25, -0.2) is 17.1 Å². The minimum atomic E-state index is -3.84. The first-order chi connectivity index (χ1) is 14.5. The number of nitrogens with one attached hydrogen (secondary N) is 2. The first-order valence-corrected chi connectivity index (χ1v) is 10.5. The monoisotopic (exact) mass is 471 g/mol. The van der Waals surface area contributed by atoms with Gasteiger partial charge in [0.2, 0.25) is 10.0 Å². The van der Waals surface area contributed by atoms with E-state index in [-0.39, 0.29) is 21.2 Å². The molecule has 166 valence electrons. The van der Waals surface area contributed by atoms with E-state index in [0.717, 1.165) is 10.4 Å². The molecule has 0 bridgehead atoms. The van der Waals surface area contributed by atoms with E-state index in [1.54, 1.807) is 0 Å². The van der Waals surface area contributed by atoms with Gasteiger partial charge in [0.25, 0.3) is 11.8 Å². The molecule has 0 radical (unpaired) electrons. The molecule has 0 aliphatic carbocycles. The van der Waals surface area contributed by atoms with Gasteiger partial charge < -0.3 is 15.4 Å². The molecule has 0 spiro atoms. The smallest absolute Gasteiger partial charge is 0.325 e. The molecule has 0 aromatic heterocycles. The number of esters is 1. The molecule has 2 aromatic rings. The Balaban J connectivity index is 1.89. The van der Waals surface area contributed by atoms with Crippen molar-refractivity contribution in [3.63, 3.8) is 0 Å². The molecule has 0 aliphatic heterocycles. The first-order valence-electron chi connectivity index (χ1n) is 8.72. The lowest BCUT2D eigenvalue weighted by Gasteiger charge is -2.14. The number of nitrogens with zero attached hydrogens (tertiary/aromatic N) is 1. The van der Waals surface area contributed by atoms with Crippen molar-refractivity contribution < 1.29 is 31.9 Å². The molecule has 2 N–H and O–H groups in total. The number of ether oxygens (including phenoxy) is 1. The summed E-state index contributed by atoms with van der Waals surface area (Å²) in [5, 5.41) is 4.54. The fourth-order valence-corrected chi connectivity index (χ4v) is 3.66. The number of halogens is 2. The summed E-state index contributed by atoms with van der Waals surface area (Å²) in [6, 6.07) is 9.09. The molecule has 0 fully saturated rings. The molecule has 31 heavy (non-hydrogen) atoms. The largest absolute Gasteiger partial charge is 0.454 e. The second kappa shape index (κ2) is 10.3. The third kappa shape index (κ3) is 6.48. The summed E-state index contributed by atoms with van der Waals surface area (Å²) in [4.78, 5) is 35.3. The third-order valence-electron chi connectivity index (χ3n) is 3.85. The van der Waals surface area contributed by atoms with Crippen LogP contribution in [-0.2, 0) is 24.3 Å². The Labute approximate surface area is 183 Å². The van der Waals surface area contributed by atoms with Gasteiger partial charge in [-0.3, -0.25) is 14.4 Å². The fourth-order valence-electron chi connectivity index (χ4n) is 2.26. The molecular weight excluding hydrogens is 453 g/mol. The predicted octanol–water partition coefficient (Wildman–Crippen LogP) is 1.64. The van der Waals surface area contributed by atoms with Crippen LogP contribution in [0.3, 0.4) is 0 Å². The predicted molar refractivity (Wildman–Crippen MR) is 111 cm³/mol. The number of anilines is 1. The van der Waals surface area contributed by atoms with Crippen molar-refractivity contribution >= 4 is 45.1 Å². The van der Waals surface area contributed by atoms with Crippen LogP contribution >= 0.6 is 11.6 Å². The van der Waals surface area contributed by atoms with Gasteiger partial charge in [-0.2, -0.15) is 0 Å². The zero-order valence-electron chi connectivity index (χ0n) is 16.5. The second-order valence-electron chi connectivity index (χ2n) is 6.30. The van der Waals surface area contributed by atoms with Crippen LogP contribution in [0.15, 0.2) is 47.4 Å². The number of amides is 2. The van der Waals surface area contributed by atoms with Crippen LogP contribution in [0.1, 0.15) is 10.4 Å². The second-order valence-corrected chi connectivity index (χ2v) is 8.83. The molecule has 2 rings (SSSR count). The highest BCUT2D eigenvalue weighted by Gasteiger charge is 2.21. The van der Waals surface area contributed by atoms with Gasteiger partial charge in [0.1, 0.15) is 17.3 Å². The van der Waals surface area contributed by atoms with Gasteiger partial charge in [-0.15, -0.1) is 0 Å². The van der Waals surface area contributed by atoms with Gasteiger partial charge >= 0.3 is 5.97 Å². The summed E-state index contributed by atoms with van der Waals surface area (Å²) < 4.78 is 43.7. The van der Waals surface area contributed by atoms with Gasteiger partial charge in [-0.05, 0) is 30.3 Å². The highest BCUT2D eigenvalue weighted by molar-refractivity contribution is 7.89. The Morgan fingerprint density at radius 2 is 1.81 bits per heavy atom. The van der Waals surface area contributed by atoms with E-state index >= 15 is 0 Å². The van der Waals surface area contributed by atoms with Gasteiger partial charge in [0, 0.05) is 19.8 Å². The third-order valence-corrected chi connectivity index (χ3v) is 6.15. The average Bonchev–Trinajstić information content (AvgIpc) is 2.72. The molecule has 2 aromatic carbocycles. The molecule has 0 saturated heterocycles. The minimum Gasteiger partial charge on any atom is -0.454 e. The molecule has 0 saturated carbocycles. The van der Waals surface area contributed by atoms with E-state index in [9.17, 15) is 27.2 Å². The van der Waals surface area contributed by atoms with E-state index in [1.807, 2.05) is 0 Å². The molecule has 2 amide bonds. The Morgan fingerprint density at radius 3 is 2.45 bits per heavy atom. The molecule has 0 atom stereocenters. The average molecular weight is 472 g/mol. The van der Waals surface area contributed by atoms with Crippen molar-refractivity contribution in [2.24, 2.45) is 0 Å². The quantitative estimate of drug-likeness (QED) is 0.564. The zero-order valence-corrected chi connectivity index (χ0v) is 18.1. The molecule has 0 aliphatic rings. The summed E-state index contributed by atoms with van der Waals surface area (Å²) in [5.74, 6) is -3.22. The lowest BCUT2D eigenvalue weighted by Crippen LogP contribution is -2.32. The fraction of sp³-hybridized carbons (Fsp3) is 0.211. The van der Waals surface area contributed by atoms with Gasteiger partial charge in [0.15, 0.2) is 6.61 Å². The molecule has 12 heteroatoms. The van der Waals surface area contributed by atoms with Crippen molar-refractivity contribution in [3.05, 3.63) is 58.9 Å². The van der Waals surface area contributed by atoms with Crippen molar-refractivity contribution in [2.45, 2.75) is 4.90 Å². The summed E-state index contributed by atoms with van der Waals surface area (Å²) in [6.07, 6.45) is 0. The van der Waals surface area contributed by atoms with Gasteiger partial charge in [-0.1, -0.05) is 23.7 Å². The standard InChI is InChI=1S/C19H19ClFN3O6S/c1-24(2)31(28,29)16-9-12(7-8-14(16)20)23-17(25)11-30-18(26)10-22-19(27)13-5-3-4-6-15(13)21/h3-9H,10-11H2,1-2H3,(H,22,27)(H,23,25). The molecular formula is C19H19ClFN3O6S. The van der Waals surface area contributed by atoms with E-state index in [0.29, 0.717) is 0 Å². The Kier molecular flexibility index (Phi) is 8.08. The number of rotatable bonds is 8. The van der Waals surface area contributed by atoms with Crippen molar-refractivity contribution in [1.29, 1.82) is 0 Å². The maximum atomic E-state index is 13.5. The molecule has 0 heterocycles.